The second-order valence-electron chi connectivity index (χ2n) is 3.46. The number of carbonyl (C=O) groups is 1. The van der Waals surface area contributed by atoms with Crippen molar-refractivity contribution in [3.05, 3.63) is 34.9 Å². The first kappa shape index (κ1) is 9.99. The van der Waals surface area contributed by atoms with E-state index in [2.05, 4.69) is 15.9 Å². The molecule has 1 saturated carbocycles. The Morgan fingerprint density at radius 1 is 1.64 bits per heavy atom. The number of rotatable bonds is 2. The van der Waals surface area contributed by atoms with Gasteiger partial charge < -0.3 is 5.11 Å². The Morgan fingerprint density at radius 2 is 2.29 bits per heavy atom. The molecule has 2 atom stereocenters. The first-order valence-electron chi connectivity index (χ1n) is 4.21. The first-order valence-corrected chi connectivity index (χ1v) is 5.50. The van der Waals surface area contributed by atoms with Crippen molar-refractivity contribution >= 4 is 33.5 Å². The van der Waals surface area contributed by atoms with Gasteiger partial charge in [0.25, 0.3) is 0 Å². The number of hydrogen-bond donors (Lipinski definition) is 1. The van der Waals surface area contributed by atoms with E-state index in [0.717, 1.165) is 5.56 Å². The molecule has 1 aromatic rings. The van der Waals surface area contributed by atoms with Crippen LogP contribution in [0.2, 0.25) is 5.02 Å². The average molecular weight is 276 g/mol. The summed E-state index contributed by atoms with van der Waals surface area (Å²) in [6, 6.07) is 7.05. The lowest BCUT2D eigenvalue weighted by Gasteiger charge is -2.10. The van der Waals surface area contributed by atoms with Gasteiger partial charge in [0, 0.05) is 9.85 Å². The standard InChI is InChI=1S/C10H8BrClO2/c11-8-5-10(8,9(13)14)6-2-1-3-7(12)4-6/h1-4,8H,5H2,(H,13,14). The van der Waals surface area contributed by atoms with Crippen LogP contribution >= 0.6 is 27.5 Å². The Bertz CT molecular complexity index is 393. The van der Waals surface area contributed by atoms with Gasteiger partial charge >= 0.3 is 5.97 Å². The highest BCUT2D eigenvalue weighted by Gasteiger charge is 2.60. The molecule has 0 bridgehead atoms. The van der Waals surface area contributed by atoms with E-state index in [1.54, 1.807) is 24.3 Å². The van der Waals surface area contributed by atoms with E-state index in [9.17, 15) is 4.79 Å². The van der Waals surface area contributed by atoms with Gasteiger partial charge in [-0.15, -0.1) is 0 Å². The van der Waals surface area contributed by atoms with Crippen LogP contribution in [0, 0.1) is 0 Å². The van der Waals surface area contributed by atoms with E-state index in [1.807, 2.05) is 0 Å². The van der Waals surface area contributed by atoms with Crippen molar-refractivity contribution in [2.75, 3.05) is 0 Å². The molecule has 0 aliphatic heterocycles. The van der Waals surface area contributed by atoms with Crippen molar-refractivity contribution in [1.29, 1.82) is 0 Å². The summed E-state index contributed by atoms with van der Waals surface area (Å²) < 4.78 is 0. The summed E-state index contributed by atoms with van der Waals surface area (Å²) in [6.07, 6.45) is 0.628. The highest BCUT2D eigenvalue weighted by atomic mass is 79.9. The summed E-state index contributed by atoms with van der Waals surface area (Å²) in [6.45, 7) is 0. The van der Waals surface area contributed by atoms with E-state index in [4.69, 9.17) is 16.7 Å². The lowest BCUT2D eigenvalue weighted by Crippen LogP contribution is -2.22. The van der Waals surface area contributed by atoms with Crippen LogP contribution in [0.15, 0.2) is 24.3 Å². The predicted octanol–water partition coefficient (Wildman–Crippen LogP) is 2.83. The maximum Gasteiger partial charge on any atom is 0.315 e. The van der Waals surface area contributed by atoms with Crippen molar-refractivity contribution in [2.45, 2.75) is 16.7 Å². The third kappa shape index (κ3) is 1.35. The predicted molar refractivity (Wildman–Crippen MR) is 58.1 cm³/mol. The van der Waals surface area contributed by atoms with Crippen LogP contribution < -0.4 is 0 Å². The van der Waals surface area contributed by atoms with Crippen LogP contribution in [0.3, 0.4) is 0 Å². The number of hydrogen-bond acceptors (Lipinski definition) is 1. The molecule has 2 rings (SSSR count). The smallest absolute Gasteiger partial charge is 0.315 e. The molecule has 2 nitrogen and oxygen atoms in total. The highest BCUT2D eigenvalue weighted by Crippen LogP contribution is 2.53. The largest absolute Gasteiger partial charge is 0.481 e. The van der Waals surface area contributed by atoms with E-state index in [0.29, 0.717) is 11.4 Å². The van der Waals surface area contributed by atoms with Crippen molar-refractivity contribution < 1.29 is 9.90 Å². The van der Waals surface area contributed by atoms with Crippen molar-refractivity contribution in [3.8, 4) is 0 Å². The van der Waals surface area contributed by atoms with Gasteiger partial charge in [0.15, 0.2) is 0 Å². The molecule has 0 amide bonds. The fourth-order valence-corrected chi connectivity index (χ4v) is 2.79. The van der Waals surface area contributed by atoms with Gasteiger partial charge in [-0.05, 0) is 24.1 Å². The van der Waals surface area contributed by atoms with Crippen LogP contribution in [0.4, 0.5) is 0 Å². The second kappa shape index (κ2) is 3.24. The van der Waals surface area contributed by atoms with Crippen LogP contribution in [0.25, 0.3) is 0 Å². The quantitative estimate of drug-likeness (QED) is 0.843. The highest BCUT2D eigenvalue weighted by molar-refractivity contribution is 9.09. The van der Waals surface area contributed by atoms with Crippen molar-refractivity contribution in [3.63, 3.8) is 0 Å². The molecule has 4 heteroatoms. The zero-order chi connectivity index (χ0) is 10.3. The Labute approximate surface area is 95.0 Å². The van der Waals surface area contributed by atoms with Gasteiger partial charge in [-0.3, -0.25) is 4.79 Å². The number of benzene rings is 1. The lowest BCUT2D eigenvalue weighted by molar-refractivity contribution is -0.139. The van der Waals surface area contributed by atoms with E-state index >= 15 is 0 Å². The molecule has 0 spiro atoms. The third-order valence-corrected chi connectivity index (χ3v) is 3.94. The van der Waals surface area contributed by atoms with E-state index in [1.165, 1.54) is 0 Å². The third-order valence-electron chi connectivity index (χ3n) is 2.60. The number of carboxylic acids is 1. The number of alkyl halides is 1. The molecule has 1 aromatic carbocycles. The molecule has 0 saturated heterocycles. The minimum Gasteiger partial charge on any atom is -0.481 e. The molecule has 2 unspecified atom stereocenters. The number of aliphatic carboxylic acids is 1. The van der Waals surface area contributed by atoms with Gasteiger partial charge in [-0.1, -0.05) is 39.7 Å². The Hall–Kier alpha value is -0.540. The Balaban J connectivity index is 2.44. The summed E-state index contributed by atoms with van der Waals surface area (Å²) in [7, 11) is 0. The van der Waals surface area contributed by atoms with Crippen molar-refractivity contribution in [2.24, 2.45) is 0 Å². The van der Waals surface area contributed by atoms with Crippen LogP contribution in [-0.4, -0.2) is 15.9 Å². The number of carboxylic acid groups (broad SMARTS) is 1. The van der Waals surface area contributed by atoms with Crippen LogP contribution in [0.5, 0.6) is 0 Å². The van der Waals surface area contributed by atoms with Gasteiger partial charge in [0.2, 0.25) is 0 Å². The minimum absolute atomic E-state index is 0.0194. The minimum atomic E-state index is -0.790. The second-order valence-corrected chi connectivity index (χ2v) is 5.00. The summed E-state index contributed by atoms with van der Waals surface area (Å²) in [5.74, 6) is -0.790. The normalized spacial score (nSPS) is 30.0. The van der Waals surface area contributed by atoms with Gasteiger partial charge in [0.05, 0.1) is 0 Å². The average Bonchev–Trinajstić information content (AvgIpc) is 2.79. The zero-order valence-electron chi connectivity index (χ0n) is 7.21. The fourth-order valence-electron chi connectivity index (χ4n) is 1.63. The monoisotopic (exact) mass is 274 g/mol. The molecule has 74 valence electrons. The number of halogens is 2. The summed E-state index contributed by atoms with van der Waals surface area (Å²) in [4.78, 5) is 11.2. The Morgan fingerprint density at radius 3 is 2.71 bits per heavy atom. The molecule has 0 heterocycles. The van der Waals surface area contributed by atoms with Gasteiger partial charge in [-0.2, -0.15) is 0 Å². The van der Waals surface area contributed by atoms with E-state index in [-0.39, 0.29) is 4.83 Å². The van der Waals surface area contributed by atoms with E-state index < -0.39 is 11.4 Å². The maximum absolute atomic E-state index is 11.1. The molecule has 1 fully saturated rings. The molecule has 1 aliphatic carbocycles. The summed E-state index contributed by atoms with van der Waals surface area (Å²) in [5, 5.41) is 9.72. The summed E-state index contributed by atoms with van der Waals surface area (Å²) >= 11 is 9.17. The molecule has 1 N–H and O–H groups in total. The fraction of sp³-hybridized carbons (Fsp3) is 0.300. The van der Waals surface area contributed by atoms with Crippen LogP contribution in [0.1, 0.15) is 12.0 Å². The molecule has 14 heavy (non-hydrogen) atoms. The molecule has 0 aromatic heterocycles. The molecular weight excluding hydrogens is 267 g/mol. The van der Waals surface area contributed by atoms with Crippen LogP contribution in [-0.2, 0) is 10.2 Å². The summed E-state index contributed by atoms with van der Waals surface area (Å²) in [5.41, 5.74) is 0.0182. The van der Waals surface area contributed by atoms with Gasteiger partial charge in [-0.25, -0.2) is 0 Å². The molecular formula is C10H8BrClO2. The zero-order valence-corrected chi connectivity index (χ0v) is 9.55. The molecule has 1 aliphatic rings. The Kier molecular flexibility index (Phi) is 2.32. The first-order chi connectivity index (χ1) is 6.57. The van der Waals surface area contributed by atoms with Gasteiger partial charge in [0.1, 0.15) is 5.41 Å². The topological polar surface area (TPSA) is 37.3 Å². The maximum atomic E-state index is 11.1. The lowest BCUT2D eigenvalue weighted by atomic mass is 9.96. The molecule has 0 radical (unpaired) electrons. The van der Waals surface area contributed by atoms with Crippen molar-refractivity contribution in [1.82, 2.24) is 0 Å². The SMILES string of the molecule is O=C(O)C1(c2cccc(Cl)c2)CC1Br.